The molecular weight excluding hydrogens is 496 g/mol. The maximum Gasteiger partial charge on any atom is 0.173 e. The van der Waals surface area contributed by atoms with E-state index in [4.69, 9.17) is 23.7 Å². The van der Waals surface area contributed by atoms with Gasteiger partial charge in [-0.15, -0.1) is 0 Å². The third-order valence-corrected chi connectivity index (χ3v) is 6.29. The Kier molecular flexibility index (Phi) is 15.8. The summed E-state index contributed by atoms with van der Waals surface area (Å²) in [6.07, 6.45) is 12.1. The highest BCUT2D eigenvalue weighted by Gasteiger charge is 2.19. The average Bonchev–Trinajstić information content (AvgIpc) is 2.93. The van der Waals surface area contributed by atoms with Gasteiger partial charge in [0.1, 0.15) is 0 Å². The first-order valence-corrected chi connectivity index (χ1v) is 15.0. The maximum atomic E-state index is 10.6. The molecule has 220 valence electrons. The molecule has 2 aromatic carbocycles. The van der Waals surface area contributed by atoms with Crippen LogP contribution in [0.2, 0.25) is 0 Å². The minimum atomic E-state index is 0.00558. The van der Waals surface area contributed by atoms with E-state index in [0.717, 1.165) is 77.0 Å². The third-order valence-electron chi connectivity index (χ3n) is 6.29. The topological polar surface area (TPSA) is 86.6 Å². The van der Waals surface area contributed by atoms with Crippen LogP contribution in [0.15, 0.2) is 24.3 Å². The Labute approximate surface area is 235 Å². The Hall–Kier alpha value is -2.96. The van der Waals surface area contributed by atoms with Crippen molar-refractivity contribution >= 4 is 0 Å². The lowest BCUT2D eigenvalue weighted by atomic mass is 10.2. The molecule has 0 aliphatic carbocycles. The van der Waals surface area contributed by atoms with Gasteiger partial charge in [-0.25, -0.2) is 0 Å². The third kappa shape index (κ3) is 11.8. The van der Waals surface area contributed by atoms with Crippen LogP contribution in [0.5, 0.6) is 46.0 Å². The van der Waals surface area contributed by atoms with Crippen LogP contribution in [-0.2, 0) is 0 Å². The van der Waals surface area contributed by atoms with Crippen LogP contribution in [0, 0.1) is 0 Å². The average molecular weight is 547 g/mol. The van der Waals surface area contributed by atoms with E-state index in [1.165, 1.54) is 0 Å². The van der Waals surface area contributed by atoms with Crippen molar-refractivity contribution < 1.29 is 33.9 Å². The molecule has 2 N–H and O–H groups in total. The van der Waals surface area contributed by atoms with Crippen LogP contribution < -0.4 is 23.7 Å². The van der Waals surface area contributed by atoms with Crippen molar-refractivity contribution in [3.63, 3.8) is 0 Å². The number of hydrogen-bond acceptors (Lipinski definition) is 7. The van der Waals surface area contributed by atoms with Crippen LogP contribution in [0.4, 0.5) is 0 Å². The van der Waals surface area contributed by atoms with E-state index in [0.29, 0.717) is 60.9 Å². The first kappa shape index (κ1) is 32.3. The fourth-order valence-electron chi connectivity index (χ4n) is 3.93. The summed E-state index contributed by atoms with van der Waals surface area (Å²) in [6, 6.07) is 6.40. The second-order valence-electron chi connectivity index (χ2n) is 9.86. The smallest absolute Gasteiger partial charge is 0.173 e. The molecular formula is C32H50O7. The van der Waals surface area contributed by atoms with Crippen molar-refractivity contribution in [1.29, 1.82) is 0 Å². The lowest BCUT2D eigenvalue weighted by Crippen LogP contribution is -2.03. The number of ether oxygens (including phenoxy) is 5. The normalized spacial score (nSPS) is 10.9. The zero-order chi connectivity index (χ0) is 28.3. The molecule has 0 atom stereocenters. The van der Waals surface area contributed by atoms with Gasteiger partial charge in [0.2, 0.25) is 0 Å². The zero-order valence-corrected chi connectivity index (χ0v) is 24.6. The molecule has 0 unspecified atom stereocenters. The zero-order valence-electron chi connectivity index (χ0n) is 24.6. The minimum absolute atomic E-state index is 0.00558. The number of hydrogen-bond donors (Lipinski definition) is 2. The van der Waals surface area contributed by atoms with Crippen LogP contribution in [0.1, 0.15) is 105 Å². The summed E-state index contributed by atoms with van der Waals surface area (Å²) >= 11 is 0. The summed E-state index contributed by atoms with van der Waals surface area (Å²) in [5, 5.41) is 21.3. The quantitative estimate of drug-likeness (QED) is 0.142. The second kappa shape index (κ2) is 19.2. The maximum absolute atomic E-state index is 10.6. The lowest BCUT2D eigenvalue weighted by Gasteiger charge is -2.19. The van der Waals surface area contributed by atoms with Crippen molar-refractivity contribution in [3.05, 3.63) is 24.3 Å². The second-order valence-corrected chi connectivity index (χ2v) is 9.86. The molecule has 7 nitrogen and oxygen atoms in total. The molecule has 0 saturated carbocycles. The van der Waals surface area contributed by atoms with Gasteiger partial charge in [0, 0.05) is 24.3 Å². The Balaban J connectivity index is 2.37. The molecule has 0 radical (unpaired) electrons. The van der Waals surface area contributed by atoms with Crippen molar-refractivity contribution in [1.82, 2.24) is 0 Å². The van der Waals surface area contributed by atoms with Crippen molar-refractivity contribution in [2.24, 2.45) is 0 Å². The van der Waals surface area contributed by atoms with Gasteiger partial charge in [-0.2, -0.15) is 0 Å². The van der Waals surface area contributed by atoms with Crippen molar-refractivity contribution in [3.8, 4) is 46.0 Å². The number of aromatic hydroxyl groups is 2. The highest BCUT2D eigenvalue weighted by molar-refractivity contribution is 5.59. The van der Waals surface area contributed by atoms with Crippen molar-refractivity contribution in [2.75, 3.05) is 26.4 Å². The SMILES string of the molecule is CCCCCOc1cc(Oc2cc(OCCCCC)c(O)cc2OCCCCC)c(OCCCCC)cc1O. The standard InChI is InChI=1S/C32H50O7/c1-5-9-13-17-35-27-23-31(29(21-25(27)33)37-19-15-11-7-3)39-32-24-28(36-18-14-10-6-2)26(34)22-30(32)38-20-16-12-8-4/h21-24,33-34H,5-20H2,1-4H3. The van der Waals surface area contributed by atoms with E-state index in [2.05, 4.69) is 27.7 Å². The summed E-state index contributed by atoms with van der Waals surface area (Å²) < 4.78 is 30.2. The molecule has 2 rings (SSSR count). The van der Waals surface area contributed by atoms with Gasteiger partial charge in [0.15, 0.2) is 46.0 Å². The molecule has 0 heterocycles. The fraction of sp³-hybridized carbons (Fsp3) is 0.625. The predicted octanol–water partition coefficient (Wildman–Crippen LogP) is 9.17. The van der Waals surface area contributed by atoms with Crippen LogP contribution >= 0.6 is 0 Å². The highest BCUT2D eigenvalue weighted by Crippen LogP contribution is 2.46. The summed E-state index contributed by atoms with van der Waals surface area (Å²) in [5.74, 6) is 2.31. The summed E-state index contributed by atoms with van der Waals surface area (Å²) in [7, 11) is 0. The minimum Gasteiger partial charge on any atom is -0.504 e. The highest BCUT2D eigenvalue weighted by atomic mass is 16.5. The van der Waals surface area contributed by atoms with Gasteiger partial charge in [-0.05, 0) is 25.7 Å². The number of rotatable bonds is 22. The molecule has 0 fully saturated rings. The molecule has 39 heavy (non-hydrogen) atoms. The van der Waals surface area contributed by atoms with Gasteiger partial charge in [-0.1, -0.05) is 79.1 Å². The molecule has 2 aromatic rings. The number of unbranched alkanes of at least 4 members (excludes halogenated alkanes) is 8. The molecule has 0 aliphatic heterocycles. The van der Waals surface area contributed by atoms with Crippen molar-refractivity contribution in [2.45, 2.75) is 105 Å². The van der Waals surface area contributed by atoms with E-state index in [9.17, 15) is 10.2 Å². The Morgan fingerprint density at radius 3 is 1.03 bits per heavy atom. The Bertz CT molecular complexity index is 869. The largest absolute Gasteiger partial charge is 0.504 e. The summed E-state index contributed by atoms with van der Waals surface area (Å²) in [5.41, 5.74) is 0. The summed E-state index contributed by atoms with van der Waals surface area (Å²) in [4.78, 5) is 0. The number of phenolic OH excluding ortho intramolecular Hbond substituents is 2. The van der Waals surface area contributed by atoms with E-state index in [1.807, 2.05) is 0 Å². The van der Waals surface area contributed by atoms with E-state index < -0.39 is 0 Å². The van der Waals surface area contributed by atoms with E-state index >= 15 is 0 Å². The molecule has 0 aromatic heterocycles. The Morgan fingerprint density at radius 1 is 0.410 bits per heavy atom. The summed E-state index contributed by atoms with van der Waals surface area (Å²) in [6.45, 7) is 10.5. The first-order chi connectivity index (χ1) is 19.0. The van der Waals surface area contributed by atoms with E-state index in [-0.39, 0.29) is 11.5 Å². The molecule has 0 amide bonds. The van der Waals surface area contributed by atoms with Crippen LogP contribution in [0.3, 0.4) is 0 Å². The number of phenols is 2. The van der Waals surface area contributed by atoms with Gasteiger partial charge < -0.3 is 33.9 Å². The first-order valence-electron chi connectivity index (χ1n) is 15.0. The van der Waals surface area contributed by atoms with Gasteiger partial charge in [0.25, 0.3) is 0 Å². The fourth-order valence-corrected chi connectivity index (χ4v) is 3.93. The Morgan fingerprint density at radius 2 is 0.718 bits per heavy atom. The van der Waals surface area contributed by atoms with Gasteiger partial charge in [-0.3, -0.25) is 0 Å². The molecule has 0 bridgehead atoms. The van der Waals surface area contributed by atoms with Gasteiger partial charge in [0.05, 0.1) is 26.4 Å². The monoisotopic (exact) mass is 546 g/mol. The molecule has 0 spiro atoms. The van der Waals surface area contributed by atoms with Crippen LogP contribution in [-0.4, -0.2) is 36.6 Å². The number of benzene rings is 2. The molecule has 0 aliphatic rings. The molecule has 7 heteroatoms. The molecule has 0 saturated heterocycles. The van der Waals surface area contributed by atoms with Crippen LogP contribution in [0.25, 0.3) is 0 Å². The van der Waals surface area contributed by atoms with Gasteiger partial charge >= 0.3 is 0 Å². The lowest BCUT2D eigenvalue weighted by molar-refractivity contribution is 0.264. The predicted molar refractivity (Wildman–Crippen MR) is 156 cm³/mol. The van der Waals surface area contributed by atoms with E-state index in [1.54, 1.807) is 24.3 Å².